The van der Waals surface area contributed by atoms with Crippen molar-refractivity contribution < 1.29 is 15.0 Å². The van der Waals surface area contributed by atoms with E-state index in [-0.39, 0.29) is 12.5 Å². The van der Waals surface area contributed by atoms with Gasteiger partial charge in [0.1, 0.15) is 0 Å². The summed E-state index contributed by atoms with van der Waals surface area (Å²) >= 11 is 0. The van der Waals surface area contributed by atoms with Crippen LogP contribution in [0, 0.1) is 0 Å². The topological polar surface area (TPSA) is 69.6 Å². The number of allylic oxidation sites excluding steroid dienone is 25. The minimum absolute atomic E-state index is 0.108. The van der Waals surface area contributed by atoms with Crippen molar-refractivity contribution >= 4 is 5.91 Å². The van der Waals surface area contributed by atoms with Crippen LogP contribution in [0.3, 0.4) is 0 Å². The Morgan fingerprint density at radius 2 is 0.608 bits per heavy atom. The molecule has 4 heteroatoms. The van der Waals surface area contributed by atoms with Gasteiger partial charge in [-0.3, -0.25) is 4.79 Å². The lowest BCUT2D eigenvalue weighted by molar-refractivity contribution is -0.123. The zero-order valence-electron chi connectivity index (χ0n) is 48.0. The normalized spacial score (nSPS) is 13.9. The summed E-state index contributed by atoms with van der Waals surface area (Å²) in [5, 5.41) is 23.2. The summed E-state index contributed by atoms with van der Waals surface area (Å²) in [5.74, 6) is -0.108. The molecule has 0 aliphatic rings. The summed E-state index contributed by atoms with van der Waals surface area (Å²) in [5.41, 5.74) is 0. The van der Waals surface area contributed by atoms with Crippen LogP contribution in [0.1, 0.15) is 258 Å². The van der Waals surface area contributed by atoms with Crippen molar-refractivity contribution in [1.29, 1.82) is 0 Å². The van der Waals surface area contributed by atoms with Gasteiger partial charge in [0.05, 0.1) is 18.8 Å². The Morgan fingerprint density at radius 1 is 0.338 bits per heavy atom. The number of hydrogen-bond donors (Lipinski definition) is 3. The molecule has 0 spiro atoms. The molecule has 2 atom stereocenters. The first-order chi connectivity index (χ1) is 36.7. The van der Waals surface area contributed by atoms with E-state index in [1.165, 1.54) is 116 Å². The van der Waals surface area contributed by atoms with Crippen molar-refractivity contribution in [2.45, 2.75) is 270 Å². The van der Waals surface area contributed by atoms with Gasteiger partial charge < -0.3 is 15.5 Å². The monoisotopic (exact) mass is 1020 g/mol. The molecule has 0 bridgehead atoms. The van der Waals surface area contributed by atoms with E-state index in [1.54, 1.807) is 6.08 Å². The second-order valence-electron chi connectivity index (χ2n) is 20.0. The Kier molecular flexibility index (Phi) is 59.9. The second kappa shape index (κ2) is 63.3. The second-order valence-corrected chi connectivity index (χ2v) is 20.0. The molecule has 1 amide bonds. The lowest BCUT2D eigenvalue weighted by atomic mass is 10.0. The number of carbonyl (C=O) groups excluding carboxylic acids is 1. The number of hydrogen-bond acceptors (Lipinski definition) is 3. The van der Waals surface area contributed by atoms with E-state index in [9.17, 15) is 15.0 Å². The third-order valence-corrected chi connectivity index (χ3v) is 13.0. The van der Waals surface area contributed by atoms with Crippen molar-refractivity contribution in [1.82, 2.24) is 5.32 Å². The molecule has 2 unspecified atom stereocenters. The number of nitrogens with one attached hydrogen (secondary N) is 1. The zero-order valence-corrected chi connectivity index (χ0v) is 48.0. The fourth-order valence-corrected chi connectivity index (χ4v) is 8.36. The molecule has 418 valence electrons. The highest BCUT2D eigenvalue weighted by Gasteiger charge is 2.17. The molecular formula is C70H115NO3. The Balaban J connectivity index is 3.71. The van der Waals surface area contributed by atoms with Gasteiger partial charge in [0, 0.05) is 6.42 Å². The van der Waals surface area contributed by atoms with E-state index in [0.717, 1.165) is 122 Å². The highest BCUT2D eigenvalue weighted by Crippen LogP contribution is 2.15. The van der Waals surface area contributed by atoms with Crippen molar-refractivity contribution in [3.8, 4) is 0 Å². The third kappa shape index (κ3) is 58.9. The van der Waals surface area contributed by atoms with Gasteiger partial charge in [0.2, 0.25) is 5.91 Å². The number of aliphatic hydroxyl groups is 2. The van der Waals surface area contributed by atoms with Gasteiger partial charge in [0.25, 0.3) is 0 Å². The van der Waals surface area contributed by atoms with E-state index in [0.29, 0.717) is 6.42 Å². The molecule has 0 aromatic rings. The Labute approximate surface area is 458 Å². The van der Waals surface area contributed by atoms with E-state index in [1.807, 2.05) is 6.08 Å². The summed E-state index contributed by atoms with van der Waals surface area (Å²) in [6, 6.07) is -0.673. The quantitative estimate of drug-likeness (QED) is 0.0420. The lowest BCUT2D eigenvalue weighted by Crippen LogP contribution is -2.45. The fourth-order valence-electron chi connectivity index (χ4n) is 8.36. The summed E-state index contributed by atoms with van der Waals surface area (Å²) in [6.45, 7) is 4.17. The summed E-state index contributed by atoms with van der Waals surface area (Å²) in [7, 11) is 0. The molecule has 0 radical (unpaired) electrons. The van der Waals surface area contributed by atoms with Gasteiger partial charge in [-0.1, -0.05) is 287 Å². The largest absolute Gasteiger partial charge is 0.394 e. The summed E-state index contributed by atoms with van der Waals surface area (Å²) in [4.78, 5) is 12.5. The molecule has 0 aromatic carbocycles. The van der Waals surface area contributed by atoms with E-state index in [2.05, 4.69) is 165 Å². The van der Waals surface area contributed by atoms with Crippen LogP contribution in [0.25, 0.3) is 0 Å². The van der Waals surface area contributed by atoms with Crippen LogP contribution in [0.4, 0.5) is 0 Å². The van der Waals surface area contributed by atoms with Crippen molar-refractivity contribution in [2.75, 3.05) is 6.61 Å². The van der Waals surface area contributed by atoms with Gasteiger partial charge in [-0.05, 0) is 122 Å². The van der Waals surface area contributed by atoms with Crippen LogP contribution in [-0.4, -0.2) is 34.9 Å². The van der Waals surface area contributed by atoms with Gasteiger partial charge in [0.15, 0.2) is 0 Å². The average molecular weight is 1020 g/mol. The predicted octanol–water partition coefficient (Wildman–Crippen LogP) is 20.9. The molecule has 4 nitrogen and oxygen atoms in total. The Morgan fingerprint density at radius 3 is 0.946 bits per heavy atom. The maximum atomic E-state index is 12.5. The first-order valence-corrected chi connectivity index (χ1v) is 30.7. The van der Waals surface area contributed by atoms with Crippen LogP contribution in [0.15, 0.2) is 158 Å². The molecule has 0 aliphatic carbocycles. The van der Waals surface area contributed by atoms with Crippen LogP contribution >= 0.6 is 0 Å². The number of unbranched alkanes of at least 4 members (excludes halogenated alkanes) is 23. The van der Waals surface area contributed by atoms with E-state index >= 15 is 0 Å². The van der Waals surface area contributed by atoms with Crippen LogP contribution < -0.4 is 5.32 Å². The van der Waals surface area contributed by atoms with E-state index in [4.69, 9.17) is 0 Å². The van der Waals surface area contributed by atoms with Crippen molar-refractivity contribution in [3.63, 3.8) is 0 Å². The highest BCUT2D eigenvalue weighted by atomic mass is 16.3. The van der Waals surface area contributed by atoms with Crippen molar-refractivity contribution in [2.24, 2.45) is 0 Å². The summed E-state index contributed by atoms with van der Waals surface area (Å²) < 4.78 is 0. The summed E-state index contributed by atoms with van der Waals surface area (Å²) in [6.07, 6.45) is 101. The van der Waals surface area contributed by atoms with Gasteiger partial charge in [-0.25, -0.2) is 0 Å². The van der Waals surface area contributed by atoms with Gasteiger partial charge in [-0.2, -0.15) is 0 Å². The molecule has 0 aliphatic heterocycles. The molecule has 0 fully saturated rings. The Hall–Kier alpha value is -3.99. The molecule has 0 heterocycles. The predicted molar refractivity (Wildman–Crippen MR) is 331 cm³/mol. The molecule has 74 heavy (non-hydrogen) atoms. The SMILES string of the molecule is CC/C=C\C/C=C\C/C=C\C/C=C\C/C=C\C/C=C\C/C=C\C/C=C\C/C=C\C/C=C\CCCCCCC(=O)NC(CO)C(O)/C=C/CC/C=C/CC/C=C/CCCCCCCCCCCCCCCCCCC. The maximum absolute atomic E-state index is 12.5. The number of rotatable bonds is 54. The number of amides is 1. The molecule has 0 saturated heterocycles. The van der Waals surface area contributed by atoms with Gasteiger partial charge in [-0.15, -0.1) is 0 Å². The maximum Gasteiger partial charge on any atom is 0.220 e. The van der Waals surface area contributed by atoms with Gasteiger partial charge >= 0.3 is 0 Å². The Bertz CT molecular complexity index is 1580. The fraction of sp³-hybridized carbons (Fsp3) is 0.614. The zero-order chi connectivity index (χ0) is 53.4. The van der Waals surface area contributed by atoms with E-state index < -0.39 is 12.1 Å². The smallest absolute Gasteiger partial charge is 0.220 e. The van der Waals surface area contributed by atoms with Crippen molar-refractivity contribution in [3.05, 3.63) is 158 Å². The minimum atomic E-state index is -0.895. The lowest BCUT2D eigenvalue weighted by Gasteiger charge is -2.19. The number of aliphatic hydroxyl groups excluding tert-OH is 2. The van der Waals surface area contributed by atoms with Crippen LogP contribution in [0.5, 0.6) is 0 Å². The van der Waals surface area contributed by atoms with Crippen LogP contribution in [0.2, 0.25) is 0 Å². The average Bonchev–Trinajstić information content (AvgIpc) is 3.40. The first kappa shape index (κ1) is 70.0. The van der Waals surface area contributed by atoms with Crippen LogP contribution in [-0.2, 0) is 4.79 Å². The number of carbonyl (C=O) groups is 1. The highest BCUT2D eigenvalue weighted by molar-refractivity contribution is 5.76. The molecular weight excluding hydrogens is 903 g/mol. The minimum Gasteiger partial charge on any atom is -0.394 e. The molecule has 0 rings (SSSR count). The molecule has 0 saturated carbocycles. The standard InChI is InChI=1S/C70H115NO3/c1-3-5-7-9-11-13-15-17-19-21-23-25-27-29-31-32-33-34-35-36-37-38-40-42-44-46-48-50-52-54-56-58-60-62-64-66-70(74)71-68(67-72)69(73)65-63-61-59-57-55-53-51-49-47-45-43-41-39-30-28-26-24-22-20-18-16-14-12-10-8-6-4-2/h5,7,11,13,17,19,23,25,29,31,33-34,36-37,40,42,46-49,52,54-55,57,63,65,68-69,72-73H,3-4,6,8-10,12,14-16,18,20-22,24,26-28,30,32,35,38-39,41,43-45,50-51,53,56,58-62,64,66-67H2,1-2H3,(H,71,74)/b7-5-,13-11-,19-17-,25-23-,31-29-,34-33-,37-36-,42-40-,48-46-,49-47+,54-52-,57-55+,65-63+. The molecule has 0 aromatic heterocycles. The first-order valence-electron chi connectivity index (χ1n) is 30.7. The third-order valence-electron chi connectivity index (χ3n) is 13.0. The molecule has 3 N–H and O–H groups in total.